The van der Waals surface area contributed by atoms with Gasteiger partial charge < -0.3 is 10.4 Å². The first-order valence-electron chi connectivity index (χ1n) is 7.77. The number of carboxylic acid groups (broad SMARTS) is 1. The predicted octanol–water partition coefficient (Wildman–Crippen LogP) is 3.16. The van der Waals surface area contributed by atoms with Crippen LogP contribution in [0.5, 0.6) is 0 Å². The summed E-state index contributed by atoms with van der Waals surface area (Å²) >= 11 is 0. The second kappa shape index (κ2) is 7.81. The minimum atomic E-state index is -0.982. The zero-order chi connectivity index (χ0) is 15.1. The van der Waals surface area contributed by atoms with E-state index in [1.807, 2.05) is 0 Å². The highest BCUT2D eigenvalue weighted by molar-refractivity contribution is 5.91. The maximum atomic E-state index is 12.1. The average molecular weight is 289 g/mol. The fourth-order valence-corrected chi connectivity index (χ4v) is 2.94. The van der Waals surface area contributed by atoms with Crippen LogP contribution in [0.3, 0.4) is 0 Å². The zero-order valence-electron chi connectivity index (χ0n) is 12.3. The van der Waals surface area contributed by atoms with Gasteiger partial charge in [0.15, 0.2) is 0 Å². The van der Waals surface area contributed by atoms with Crippen LogP contribution >= 0.6 is 0 Å². The highest BCUT2D eigenvalue weighted by Crippen LogP contribution is 2.17. The van der Waals surface area contributed by atoms with Crippen LogP contribution < -0.4 is 5.32 Å². The lowest BCUT2D eigenvalue weighted by molar-refractivity contribution is -0.121. The van der Waals surface area contributed by atoms with Gasteiger partial charge in [-0.25, -0.2) is 4.79 Å². The van der Waals surface area contributed by atoms with Gasteiger partial charge in [-0.3, -0.25) is 4.79 Å². The van der Waals surface area contributed by atoms with E-state index in [0.717, 1.165) is 25.7 Å². The molecule has 0 aromatic heterocycles. The number of nitrogens with one attached hydrogen (secondary N) is 1. The number of hydrogen-bond donors (Lipinski definition) is 2. The summed E-state index contributed by atoms with van der Waals surface area (Å²) in [4.78, 5) is 23.3. The number of rotatable bonds is 4. The maximum Gasteiger partial charge on any atom is 0.335 e. The molecule has 0 bridgehead atoms. The van der Waals surface area contributed by atoms with Gasteiger partial charge in [-0.05, 0) is 24.5 Å². The topological polar surface area (TPSA) is 66.4 Å². The third-order valence-electron chi connectivity index (χ3n) is 4.07. The van der Waals surface area contributed by atoms with Gasteiger partial charge in [0.1, 0.15) is 0 Å². The fourth-order valence-electron chi connectivity index (χ4n) is 2.94. The van der Waals surface area contributed by atoms with E-state index in [4.69, 9.17) is 5.11 Å². The van der Waals surface area contributed by atoms with Crippen molar-refractivity contribution in [3.63, 3.8) is 0 Å². The van der Waals surface area contributed by atoms with E-state index in [2.05, 4.69) is 5.32 Å². The molecular weight excluding hydrogens is 266 g/mol. The molecule has 1 fully saturated rings. The van der Waals surface area contributed by atoms with Crippen molar-refractivity contribution >= 4 is 11.9 Å². The van der Waals surface area contributed by atoms with E-state index >= 15 is 0 Å². The Hall–Kier alpha value is -1.84. The molecule has 0 saturated heterocycles. The number of benzene rings is 1. The van der Waals surface area contributed by atoms with E-state index in [9.17, 15) is 9.59 Å². The van der Waals surface area contributed by atoms with Gasteiger partial charge in [0.05, 0.1) is 12.0 Å². The molecule has 0 unspecified atom stereocenters. The Morgan fingerprint density at radius 2 is 1.67 bits per heavy atom. The largest absolute Gasteiger partial charge is 0.478 e. The lowest BCUT2D eigenvalue weighted by atomic mass is 9.96. The van der Waals surface area contributed by atoms with Crippen molar-refractivity contribution in [2.45, 2.75) is 57.4 Å². The molecule has 2 N–H and O–H groups in total. The summed E-state index contributed by atoms with van der Waals surface area (Å²) in [7, 11) is 0. The van der Waals surface area contributed by atoms with Gasteiger partial charge in [-0.2, -0.15) is 0 Å². The third-order valence-corrected chi connectivity index (χ3v) is 4.07. The average Bonchev–Trinajstić information content (AvgIpc) is 2.42. The third kappa shape index (κ3) is 4.88. The first-order valence-corrected chi connectivity index (χ1v) is 7.77. The van der Waals surface area contributed by atoms with Gasteiger partial charge in [0.2, 0.25) is 5.91 Å². The Labute approximate surface area is 125 Å². The molecule has 0 radical (unpaired) electrons. The summed E-state index contributed by atoms with van der Waals surface area (Å²) < 4.78 is 0. The molecule has 114 valence electrons. The lowest BCUT2D eigenvalue weighted by Gasteiger charge is -2.21. The summed E-state index contributed by atoms with van der Waals surface area (Å²) in [5, 5.41) is 12.2. The Balaban J connectivity index is 1.93. The molecule has 2 rings (SSSR count). The number of amides is 1. The van der Waals surface area contributed by atoms with Crippen LogP contribution in [-0.4, -0.2) is 23.0 Å². The van der Waals surface area contributed by atoms with Crippen molar-refractivity contribution in [3.8, 4) is 0 Å². The maximum absolute atomic E-state index is 12.1. The van der Waals surface area contributed by atoms with Crippen LogP contribution in [0.1, 0.15) is 60.9 Å². The Morgan fingerprint density at radius 3 is 2.33 bits per heavy atom. The monoisotopic (exact) mass is 289 g/mol. The molecule has 1 aliphatic carbocycles. The first kappa shape index (κ1) is 15.5. The fraction of sp³-hybridized carbons (Fsp3) is 0.529. The molecular formula is C17H23NO3. The molecule has 1 aliphatic rings. The van der Waals surface area contributed by atoms with Gasteiger partial charge >= 0.3 is 5.97 Å². The molecule has 0 heterocycles. The second-order valence-electron chi connectivity index (χ2n) is 5.75. The number of carbonyl (C=O) groups excluding carboxylic acids is 1. The summed E-state index contributed by atoms with van der Waals surface area (Å²) in [6.45, 7) is 0. The van der Waals surface area contributed by atoms with Crippen molar-refractivity contribution in [2.75, 3.05) is 0 Å². The molecule has 4 heteroatoms. The summed E-state index contributed by atoms with van der Waals surface area (Å²) in [5.74, 6) is -1.06. The Kier molecular flexibility index (Phi) is 5.78. The number of carboxylic acids is 1. The lowest BCUT2D eigenvalue weighted by Crippen LogP contribution is -2.36. The van der Waals surface area contributed by atoms with E-state index in [1.165, 1.54) is 19.3 Å². The van der Waals surface area contributed by atoms with Crippen molar-refractivity contribution in [3.05, 3.63) is 35.4 Å². The van der Waals surface area contributed by atoms with Crippen LogP contribution in [0.2, 0.25) is 0 Å². The quantitative estimate of drug-likeness (QED) is 0.894. The zero-order valence-corrected chi connectivity index (χ0v) is 12.3. The van der Waals surface area contributed by atoms with Gasteiger partial charge in [-0.15, -0.1) is 0 Å². The van der Waals surface area contributed by atoms with Crippen molar-refractivity contribution in [1.29, 1.82) is 0 Å². The van der Waals surface area contributed by atoms with Crippen molar-refractivity contribution in [1.82, 2.24) is 5.32 Å². The van der Waals surface area contributed by atoms with Crippen LogP contribution in [0, 0.1) is 0 Å². The highest BCUT2D eigenvalue weighted by atomic mass is 16.4. The SMILES string of the molecule is O=C(Cc1ccccc1C(=O)O)NC1CCCCCCC1. The van der Waals surface area contributed by atoms with Gasteiger partial charge in [0, 0.05) is 6.04 Å². The predicted molar refractivity (Wildman–Crippen MR) is 81.4 cm³/mol. The minimum Gasteiger partial charge on any atom is -0.478 e. The molecule has 0 aliphatic heterocycles. The minimum absolute atomic E-state index is 0.0747. The van der Waals surface area contributed by atoms with E-state index in [0.29, 0.717) is 5.56 Å². The smallest absolute Gasteiger partial charge is 0.335 e. The Bertz CT molecular complexity index is 491. The van der Waals surface area contributed by atoms with Crippen molar-refractivity contribution in [2.24, 2.45) is 0 Å². The summed E-state index contributed by atoms with van der Waals surface area (Å²) in [6, 6.07) is 6.95. The molecule has 0 spiro atoms. The van der Waals surface area contributed by atoms with E-state index in [-0.39, 0.29) is 23.9 Å². The standard InChI is InChI=1S/C17H23NO3/c19-16(18-14-9-4-2-1-3-5-10-14)12-13-8-6-7-11-15(13)17(20)21/h6-8,11,14H,1-5,9-10,12H2,(H,18,19)(H,20,21). The van der Waals surface area contributed by atoms with Crippen LogP contribution in [0.25, 0.3) is 0 Å². The second-order valence-corrected chi connectivity index (χ2v) is 5.75. The molecule has 4 nitrogen and oxygen atoms in total. The van der Waals surface area contributed by atoms with Gasteiger partial charge in [-0.1, -0.05) is 50.3 Å². The number of carbonyl (C=O) groups is 2. The summed E-state index contributed by atoms with van der Waals surface area (Å²) in [5.41, 5.74) is 0.790. The first-order chi connectivity index (χ1) is 10.2. The van der Waals surface area contributed by atoms with Gasteiger partial charge in [0.25, 0.3) is 0 Å². The van der Waals surface area contributed by atoms with E-state index in [1.54, 1.807) is 24.3 Å². The highest BCUT2D eigenvalue weighted by Gasteiger charge is 2.16. The number of aromatic carboxylic acids is 1. The summed E-state index contributed by atoms with van der Waals surface area (Å²) in [6.07, 6.45) is 8.32. The Morgan fingerprint density at radius 1 is 1.05 bits per heavy atom. The van der Waals surface area contributed by atoms with Crippen LogP contribution in [-0.2, 0) is 11.2 Å². The molecule has 0 atom stereocenters. The number of hydrogen-bond acceptors (Lipinski definition) is 2. The molecule has 1 aromatic carbocycles. The van der Waals surface area contributed by atoms with E-state index < -0.39 is 5.97 Å². The molecule has 21 heavy (non-hydrogen) atoms. The normalized spacial score (nSPS) is 16.8. The van der Waals surface area contributed by atoms with Crippen LogP contribution in [0.4, 0.5) is 0 Å². The molecule has 1 aromatic rings. The molecule has 1 amide bonds. The van der Waals surface area contributed by atoms with Crippen molar-refractivity contribution < 1.29 is 14.7 Å². The molecule has 1 saturated carbocycles. The van der Waals surface area contributed by atoms with Crippen LogP contribution in [0.15, 0.2) is 24.3 Å².